The maximum Gasteiger partial charge on any atom is 0.347 e. The molecular weight excluding hydrogens is 271 g/mol. The van der Waals surface area contributed by atoms with E-state index >= 15 is 0 Å². The lowest BCUT2D eigenvalue weighted by molar-refractivity contribution is -0.137. The molecule has 0 unspecified atom stereocenters. The Morgan fingerprint density at radius 2 is 2.50 bits per heavy atom. The lowest BCUT2D eigenvalue weighted by Gasteiger charge is -2.03. The van der Waals surface area contributed by atoms with Crippen LogP contribution in [0.25, 0.3) is 0 Å². The van der Waals surface area contributed by atoms with Gasteiger partial charge >= 0.3 is 5.97 Å². The van der Waals surface area contributed by atoms with Crippen LogP contribution in [-0.2, 0) is 9.53 Å². The van der Waals surface area contributed by atoms with Crippen LogP contribution in [0.3, 0.4) is 0 Å². The number of ether oxygens (including phenoxy) is 1. The van der Waals surface area contributed by atoms with Gasteiger partial charge in [-0.05, 0) is 13.8 Å². The summed E-state index contributed by atoms with van der Waals surface area (Å²) in [6.07, 6.45) is 1.78. The van der Waals surface area contributed by atoms with Crippen molar-refractivity contribution in [2.24, 2.45) is 3.25 Å². The van der Waals surface area contributed by atoms with Crippen LogP contribution in [-0.4, -0.2) is 24.1 Å². The lowest BCUT2D eigenvalue weighted by Crippen LogP contribution is -2.07. The second kappa shape index (κ2) is 4.54. The normalized spacial score (nSPS) is 15.5. The van der Waals surface area contributed by atoms with E-state index in [2.05, 4.69) is 3.25 Å². The lowest BCUT2D eigenvalue weighted by atomic mass is 10.6. The zero-order valence-electron chi connectivity index (χ0n) is 7.08. The molecule has 0 atom stereocenters. The number of rotatable bonds is 3. The van der Waals surface area contributed by atoms with Crippen LogP contribution in [0.2, 0.25) is 0 Å². The van der Waals surface area contributed by atoms with Gasteiger partial charge in [-0.3, -0.25) is 5.01 Å². The van der Waals surface area contributed by atoms with Gasteiger partial charge in [0, 0.05) is 12.7 Å². The molecule has 0 aliphatic carbocycles. The molecule has 0 aromatic heterocycles. The largest absolute Gasteiger partial charge is 0.462 e. The first-order chi connectivity index (χ1) is 5.77. The Morgan fingerprint density at radius 1 is 1.75 bits per heavy atom. The van der Waals surface area contributed by atoms with Gasteiger partial charge in [0.05, 0.1) is 27.6 Å². The molecule has 1 heterocycles. The molecule has 0 amide bonds. The molecule has 0 fully saturated rings. The first-order valence-electron chi connectivity index (χ1n) is 3.78. The van der Waals surface area contributed by atoms with Crippen LogP contribution in [0.4, 0.5) is 0 Å². The molecular formula is C7H11IN2O2. The van der Waals surface area contributed by atoms with E-state index < -0.39 is 21.0 Å². The van der Waals surface area contributed by atoms with E-state index in [0.29, 0.717) is 6.61 Å². The first kappa shape index (κ1) is 9.63. The average molecular weight is 282 g/mol. The van der Waals surface area contributed by atoms with Gasteiger partial charge in [0.15, 0.2) is 0 Å². The van der Waals surface area contributed by atoms with Gasteiger partial charge < -0.3 is 4.74 Å². The SMILES string of the molecule is CCOC(=O)C1=CN(CC)N=I1. The fraction of sp³-hybridized carbons (Fsp3) is 0.571. The van der Waals surface area contributed by atoms with Crippen molar-refractivity contribution in [1.82, 2.24) is 5.01 Å². The third kappa shape index (κ3) is 2.26. The summed E-state index contributed by atoms with van der Waals surface area (Å²) in [5.74, 6) is -0.204. The monoisotopic (exact) mass is 282 g/mol. The summed E-state index contributed by atoms with van der Waals surface area (Å²) in [4.78, 5) is 11.2. The zero-order valence-corrected chi connectivity index (χ0v) is 9.24. The fourth-order valence-electron chi connectivity index (χ4n) is 0.696. The number of carbonyl (C=O) groups is 1. The standard InChI is InChI=1S/C7H11IN2O2/c1-3-10-5-6(8-9-10)7(11)12-4-2/h5H,3-4H2,1-2H3. The van der Waals surface area contributed by atoms with Crippen molar-refractivity contribution in [3.8, 4) is 0 Å². The average Bonchev–Trinajstić information content (AvgIpc) is 2.52. The molecule has 1 aliphatic rings. The van der Waals surface area contributed by atoms with Crippen LogP contribution in [0, 0.1) is 0 Å². The molecule has 4 nitrogen and oxygen atoms in total. The van der Waals surface area contributed by atoms with Crippen molar-refractivity contribution in [2.45, 2.75) is 13.8 Å². The summed E-state index contributed by atoms with van der Waals surface area (Å²) in [6.45, 7) is 5.06. The predicted molar refractivity (Wildman–Crippen MR) is 53.5 cm³/mol. The summed E-state index contributed by atoms with van der Waals surface area (Å²) in [7, 11) is 0. The van der Waals surface area contributed by atoms with Gasteiger partial charge in [-0.15, -0.1) is 3.25 Å². The Bertz CT molecular complexity index is 238. The fourth-order valence-corrected chi connectivity index (χ4v) is 2.43. The minimum Gasteiger partial charge on any atom is -0.462 e. The van der Waals surface area contributed by atoms with Crippen molar-refractivity contribution in [2.75, 3.05) is 13.2 Å². The molecule has 0 N–H and O–H groups in total. The third-order valence-corrected chi connectivity index (χ3v) is 3.29. The van der Waals surface area contributed by atoms with Crippen LogP contribution in [0.1, 0.15) is 13.8 Å². The summed E-state index contributed by atoms with van der Waals surface area (Å²) >= 11 is -0.486. The molecule has 68 valence electrons. The van der Waals surface area contributed by atoms with E-state index in [4.69, 9.17) is 4.74 Å². The van der Waals surface area contributed by atoms with Crippen LogP contribution < -0.4 is 0 Å². The van der Waals surface area contributed by atoms with Crippen molar-refractivity contribution >= 4 is 27.0 Å². The van der Waals surface area contributed by atoms with Crippen molar-refractivity contribution in [3.05, 3.63) is 9.78 Å². The van der Waals surface area contributed by atoms with E-state index in [1.54, 1.807) is 18.1 Å². The smallest absolute Gasteiger partial charge is 0.347 e. The Hall–Kier alpha value is -0.460. The van der Waals surface area contributed by atoms with Gasteiger partial charge in [-0.2, -0.15) is 0 Å². The molecule has 0 bridgehead atoms. The van der Waals surface area contributed by atoms with Crippen molar-refractivity contribution < 1.29 is 9.53 Å². The van der Waals surface area contributed by atoms with Crippen LogP contribution >= 0.6 is 21.0 Å². The molecule has 12 heavy (non-hydrogen) atoms. The molecule has 0 saturated heterocycles. The van der Waals surface area contributed by atoms with Crippen molar-refractivity contribution in [1.29, 1.82) is 0 Å². The van der Waals surface area contributed by atoms with Gasteiger partial charge in [0.1, 0.15) is 3.58 Å². The number of hydrogen-bond acceptors (Lipinski definition) is 4. The molecule has 5 heteroatoms. The van der Waals surface area contributed by atoms with E-state index in [-0.39, 0.29) is 5.97 Å². The topological polar surface area (TPSA) is 41.9 Å². The summed E-state index contributed by atoms with van der Waals surface area (Å²) in [5, 5.41) is 1.79. The third-order valence-electron chi connectivity index (χ3n) is 1.28. The molecule has 0 aromatic carbocycles. The summed E-state index contributed by atoms with van der Waals surface area (Å²) in [6, 6.07) is 0. The van der Waals surface area contributed by atoms with Gasteiger partial charge in [-0.1, -0.05) is 0 Å². The Labute approximate surface area is 81.7 Å². The quantitative estimate of drug-likeness (QED) is 0.585. The van der Waals surface area contributed by atoms with E-state index in [9.17, 15) is 4.79 Å². The highest BCUT2D eigenvalue weighted by Crippen LogP contribution is 2.26. The summed E-state index contributed by atoms with van der Waals surface area (Å²) in [5.41, 5.74) is 0. The molecule has 0 saturated carbocycles. The molecule has 0 spiro atoms. The van der Waals surface area contributed by atoms with Gasteiger partial charge in [0.25, 0.3) is 0 Å². The Kier molecular flexibility index (Phi) is 3.64. The summed E-state index contributed by atoms with van der Waals surface area (Å²) < 4.78 is 9.79. The predicted octanol–water partition coefficient (Wildman–Crippen LogP) is 1.80. The number of nitrogens with zero attached hydrogens (tertiary/aromatic N) is 2. The first-order valence-corrected chi connectivity index (χ1v) is 5.83. The zero-order chi connectivity index (χ0) is 8.97. The molecule has 1 rings (SSSR count). The highest BCUT2D eigenvalue weighted by molar-refractivity contribution is 14.2. The van der Waals surface area contributed by atoms with Crippen LogP contribution in [0.15, 0.2) is 13.0 Å². The maximum atomic E-state index is 11.2. The molecule has 1 aliphatic heterocycles. The van der Waals surface area contributed by atoms with E-state index in [1.165, 1.54) is 0 Å². The molecule has 0 radical (unpaired) electrons. The van der Waals surface area contributed by atoms with Crippen molar-refractivity contribution in [3.63, 3.8) is 0 Å². The minimum absolute atomic E-state index is 0.204. The van der Waals surface area contributed by atoms with Gasteiger partial charge in [-0.25, -0.2) is 4.79 Å². The minimum atomic E-state index is -0.486. The number of esters is 1. The molecule has 0 aromatic rings. The number of hydrogen-bond donors (Lipinski definition) is 0. The number of halogens is 1. The van der Waals surface area contributed by atoms with Gasteiger partial charge in [0.2, 0.25) is 0 Å². The van der Waals surface area contributed by atoms with E-state index in [1.807, 2.05) is 6.92 Å². The second-order valence-corrected chi connectivity index (χ2v) is 4.19. The second-order valence-electron chi connectivity index (χ2n) is 2.11. The number of carbonyl (C=O) groups excluding carboxylic acids is 1. The maximum absolute atomic E-state index is 11.2. The van der Waals surface area contributed by atoms with Crippen LogP contribution in [0.5, 0.6) is 0 Å². The Morgan fingerprint density at radius 3 is 3.00 bits per heavy atom. The highest BCUT2D eigenvalue weighted by atomic mass is 127. The van der Waals surface area contributed by atoms with E-state index in [0.717, 1.165) is 10.1 Å². The Balaban J connectivity index is 2.55. The highest BCUT2D eigenvalue weighted by Gasteiger charge is 2.15.